The number of pyridine rings is 2. The number of halogens is 1. The van der Waals surface area contributed by atoms with Gasteiger partial charge in [-0.15, -0.1) is 0 Å². The van der Waals surface area contributed by atoms with E-state index in [0.29, 0.717) is 23.6 Å². The second kappa shape index (κ2) is 10.6. The molecule has 0 saturated carbocycles. The summed E-state index contributed by atoms with van der Waals surface area (Å²) in [5.74, 6) is 0.136. The van der Waals surface area contributed by atoms with Crippen LogP contribution in [0.1, 0.15) is 35.7 Å². The fraction of sp³-hybridized carbons (Fsp3) is 0.320. The molecule has 166 valence electrons. The van der Waals surface area contributed by atoms with Crippen LogP contribution in [-0.4, -0.2) is 35.1 Å². The maximum Gasteiger partial charge on any atom is 0.254 e. The zero-order chi connectivity index (χ0) is 22.3. The minimum absolute atomic E-state index is 0.0575. The molecule has 1 aliphatic rings. The molecule has 0 radical (unpaired) electrons. The molecule has 0 aliphatic carbocycles. The zero-order valence-electron chi connectivity index (χ0n) is 17.8. The van der Waals surface area contributed by atoms with Gasteiger partial charge in [-0.25, -0.2) is 0 Å². The van der Waals surface area contributed by atoms with Crippen molar-refractivity contribution in [1.29, 1.82) is 0 Å². The first-order valence-corrected chi connectivity index (χ1v) is 11.4. The van der Waals surface area contributed by atoms with Crippen LogP contribution in [-0.2, 0) is 11.2 Å². The summed E-state index contributed by atoms with van der Waals surface area (Å²) in [6.07, 6.45) is 5.70. The summed E-state index contributed by atoms with van der Waals surface area (Å²) < 4.78 is 1.70. The van der Waals surface area contributed by atoms with E-state index in [4.69, 9.17) is 11.6 Å². The molecule has 32 heavy (non-hydrogen) atoms. The zero-order valence-corrected chi connectivity index (χ0v) is 18.6. The summed E-state index contributed by atoms with van der Waals surface area (Å²) in [6.45, 7) is 2.19. The number of nitrogens with one attached hydrogen (secondary N) is 2. The standard InChI is InChI=1S/C25H27ClN4O2/c26-21-8-6-18(7-9-21)23(22-5-1-2-13-28-22)30-17-3-4-20(25(30)32)12-16-29-24(31)19-10-14-27-15-11-19/h1-9,13,17,19,23,27H,10-12,14-16H2,(H,29,31)/t23-/m0/s1. The molecular weight excluding hydrogens is 424 g/mol. The van der Waals surface area contributed by atoms with Crippen molar-refractivity contribution in [3.63, 3.8) is 0 Å². The van der Waals surface area contributed by atoms with E-state index in [0.717, 1.165) is 37.2 Å². The van der Waals surface area contributed by atoms with Crippen molar-refractivity contribution in [2.75, 3.05) is 19.6 Å². The lowest BCUT2D eigenvalue weighted by Gasteiger charge is -2.22. The fourth-order valence-electron chi connectivity index (χ4n) is 4.16. The van der Waals surface area contributed by atoms with Crippen LogP contribution >= 0.6 is 11.6 Å². The average molecular weight is 451 g/mol. The minimum atomic E-state index is -0.370. The molecule has 1 amide bonds. The Kier molecular flexibility index (Phi) is 7.35. The van der Waals surface area contributed by atoms with Crippen LogP contribution in [0.15, 0.2) is 71.8 Å². The lowest BCUT2D eigenvalue weighted by molar-refractivity contribution is -0.125. The van der Waals surface area contributed by atoms with Gasteiger partial charge in [-0.05, 0) is 68.2 Å². The van der Waals surface area contributed by atoms with Crippen LogP contribution in [0.3, 0.4) is 0 Å². The van der Waals surface area contributed by atoms with Gasteiger partial charge < -0.3 is 15.2 Å². The van der Waals surface area contributed by atoms with E-state index in [-0.39, 0.29) is 23.4 Å². The smallest absolute Gasteiger partial charge is 0.254 e. The number of rotatable bonds is 7. The normalized spacial score (nSPS) is 15.3. The van der Waals surface area contributed by atoms with E-state index in [1.165, 1.54) is 0 Å². The molecule has 2 N–H and O–H groups in total. The Morgan fingerprint density at radius 1 is 1.12 bits per heavy atom. The van der Waals surface area contributed by atoms with Crippen molar-refractivity contribution in [1.82, 2.24) is 20.2 Å². The van der Waals surface area contributed by atoms with E-state index in [2.05, 4.69) is 15.6 Å². The molecule has 0 unspecified atom stereocenters. The molecule has 3 aromatic rings. The van der Waals surface area contributed by atoms with Gasteiger partial charge in [0, 0.05) is 35.4 Å². The number of nitrogens with zero attached hydrogens (tertiary/aromatic N) is 2. The molecule has 0 bridgehead atoms. The number of hydrogen-bond acceptors (Lipinski definition) is 4. The second-order valence-electron chi connectivity index (χ2n) is 8.02. The van der Waals surface area contributed by atoms with Gasteiger partial charge in [-0.3, -0.25) is 14.6 Å². The highest BCUT2D eigenvalue weighted by atomic mass is 35.5. The summed E-state index contributed by atoms with van der Waals surface area (Å²) in [5.41, 5.74) is 2.27. The van der Waals surface area contributed by atoms with Gasteiger partial charge >= 0.3 is 0 Å². The Bertz CT molecular complexity index is 1090. The molecule has 1 aromatic carbocycles. The van der Waals surface area contributed by atoms with E-state index in [9.17, 15) is 9.59 Å². The number of hydrogen-bond donors (Lipinski definition) is 2. The topological polar surface area (TPSA) is 76.0 Å². The van der Waals surface area contributed by atoms with Crippen molar-refractivity contribution in [3.8, 4) is 0 Å². The minimum Gasteiger partial charge on any atom is -0.356 e. The number of piperidine rings is 1. The van der Waals surface area contributed by atoms with Crippen LogP contribution < -0.4 is 16.2 Å². The Morgan fingerprint density at radius 3 is 2.62 bits per heavy atom. The molecule has 4 rings (SSSR count). The molecule has 3 heterocycles. The van der Waals surface area contributed by atoms with Crippen LogP contribution in [0, 0.1) is 5.92 Å². The quantitative estimate of drug-likeness (QED) is 0.579. The van der Waals surface area contributed by atoms with Crippen molar-refractivity contribution in [2.45, 2.75) is 25.3 Å². The molecule has 7 heteroatoms. The lowest BCUT2D eigenvalue weighted by Crippen LogP contribution is -2.39. The molecule has 1 atom stereocenters. The predicted molar refractivity (Wildman–Crippen MR) is 126 cm³/mol. The molecule has 6 nitrogen and oxygen atoms in total. The van der Waals surface area contributed by atoms with Gasteiger partial charge in [0.05, 0.1) is 5.69 Å². The molecule has 2 aromatic heterocycles. The van der Waals surface area contributed by atoms with E-state index >= 15 is 0 Å². The molecular formula is C25H27ClN4O2. The molecule has 0 spiro atoms. The van der Waals surface area contributed by atoms with Gasteiger partial charge in [0.25, 0.3) is 5.56 Å². The predicted octanol–water partition coefficient (Wildman–Crippen LogP) is 3.19. The van der Waals surface area contributed by atoms with Crippen molar-refractivity contribution >= 4 is 17.5 Å². The number of benzene rings is 1. The second-order valence-corrected chi connectivity index (χ2v) is 8.46. The SMILES string of the molecule is O=C(NCCc1cccn([C@@H](c2ccc(Cl)cc2)c2ccccn2)c1=O)C1CCNCC1. The molecule has 1 fully saturated rings. The third kappa shape index (κ3) is 5.26. The summed E-state index contributed by atoms with van der Waals surface area (Å²) in [7, 11) is 0. The highest BCUT2D eigenvalue weighted by Gasteiger charge is 2.22. The summed E-state index contributed by atoms with van der Waals surface area (Å²) in [6, 6.07) is 16.5. The van der Waals surface area contributed by atoms with Gasteiger partial charge in [0.2, 0.25) is 5.91 Å². The Morgan fingerprint density at radius 2 is 1.91 bits per heavy atom. The first-order valence-electron chi connectivity index (χ1n) is 11.0. The van der Waals surface area contributed by atoms with E-state index in [1.807, 2.05) is 54.6 Å². The highest BCUT2D eigenvalue weighted by molar-refractivity contribution is 6.30. The van der Waals surface area contributed by atoms with Crippen LogP contribution in [0.2, 0.25) is 5.02 Å². The van der Waals surface area contributed by atoms with E-state index < -0.39 is 0 Å². The van der Waals surface area contributed by atoms with Crippen LogP contribution in [0.5, 0.6) is 0 Å². The average Bonchev–Trinajstić information content (AvgIpc) is 2.83. The third-order valence-electron chi connectivity index (χ3n) is 5.89. The Hall–Kier alpha value is -2.96. The van der Waals surface area contributed by atoms with Crippen LogP contribution in [0.25, 0.3) is 0 Å². The first-order chi connectivity index (χ1) is 15.6. The van der Waals surface area contributed by atoms with Crippen molar-refractivity contribution in [2.24, 2.45) is 5.92 Å². The number of aromatic nitrogens is 2. The summed E-state index contributed by atoms with van der Waals surface area (Å²) in [5, 5.41) is 6.91. The summed E-state index contributed by atoms with van der Waals surface area (Å²) >= 11 is 6.08. The first kappa shape index (κ1) is 22.2. The number of amides is 1. The largest absolute Gasteiger partial charge is 0.356 e. The summed E-state index contributed by atoms with van der Waals surface area (Å²) in [4.78, 5) is 30.3. The van der Waals surface area contributed by atoms with Gasteiger partial charge in [-0.2, -0.15) is 0 Å². The van der Waals surface area contributed by atoms with Crippen LogP contribution in [0.4, 0.5) is 0 Å². The molecule has 1 aliphatic heterocycles. The van der Waals surface area contributed by atoms with Crippen molar-refractivity contribution in [3.05, 3.63) is 99.2 Å². The van der Waals surface area contributed by atoms with Gasteiger partial charge in [-0.1, -0.05) is 35.9 Å². The van der Waals surface area contributed by atoms with E-state index in [1.54, 1.807) is 17.0 Å². The van der Waals surface area contributed by atoms with Crippen molar-refractivity contribution < 1.29 is 4.79 Å². The Balaban J connectivity index is 1.55. The van der Waals surface area contributed by atoms with Gasteiger partial charge in [0.1, 0.15) is 6.04 Å². The lowest BCUT2D eigenvalue weighted by atomic mass is 9.97. The maximum absolute atomic E-state index is 13.4. The number of carbonyl (C=O) groups excluding carboxylic acids is 1. The maximum atomic E-state index is 13.4. The molecule has 1 saturated heterocycles. The third-order valence-corrected chi connectivity index (χ3v) is 6.14. The Labute approximate surface area is 192 Å². The van der Waals surface area contributed by atoms with Gasteiger partial charge in [0.15, 0.2) is 0 Å². The monoisotopic (exact) mass is 450 g/mol. The number of carbonyl (C=O) groups is 1. The highest BCUT2D eigenvalue weighted by Crippen LogP contribution is 2.25. The fourth-order valence-corrected chi connectivity index (χ4v) is 4.28.